The van der Waals surface area contributed by atoms with E-state index in [1.807, 2.05) is 24.3 Å². The molecule has 0 spiro atoms. The fourth-order valence-electron chi connectivity index (χ4n) is 1.33. The first kappa shape index (κ1) is 8.92. The van der Waals surface area contributed by atoms with E-state index in [1.54, 1.807) is 0 Å². The largest absolute Gasteiger partial charge is 0.198 e. The summed E-state index contributed by atoms with van der Waals surface area (Å²) in [7, 11) is 0. The number of halogens is 1. The van der Waals surface area contributed by atoms with Gasteiger partial charge in [-0.3, -0.25) is 0 Å². The molecular weight excluding hydrogens is 198 g/mol. The van der Waals surface area contributed by atoms with Gasteiger partial charge >= 0.3 is 0 Å². The summed E-state index contributed by atoms with van der Waals surface area (Å²) in [6.07, 6.45) is 0.255. The van der Waals surface area contributed by atoms with Crippen LogP contribution in [0.2, 0.25) is 5.15 Å². The molecule has 0 bridgehead atoms. The minimum Gasteiger partial charge on any atom is -0.198 e. The lowest BCUT2D eigenvalue weighted by molar-refractivity contribution is 0.974. The first-order valence-electron chi connectivity index (χ1n) is 4.09. The van der Waals surface area contributed by atoms with Gasteiger partial charge in [-0.15, -0.1) is 5.10 Å². The third-order valence-corrected chi connectivity index (χ3v) is 2.24. The standard InChI is InChI=1S/C10H6ClN3/c11-10-8-4-2-1-3-7(8)9(5-6-12)13-14-10/h1-4H,5H2. The van der Waals surface area contributed by atoms with Gasteiger partial charge in [0, 0.05) is 10.8 Å². The molecule has 1 heterocycles. The number of nitriles is 1. The Bertz CT molecular complexity index is 516. The van der Waals surface area contributed by atoms with E-state index in [-0.39, 0.29) is 6.42 Å². The number of fused-ring (bicyclic) bond motifs is 1. The molecule has 4 heteroatoms. The van der Waals surface area contributed by atoms with Crippen LogP contribution in [0.4, 0.5) is 0 Å². The quantitative estimate of drug-likeness (QED) is 0.715. The van der Waals surface area contributed by atoms with Gasteiger partial charge in [0.1, 0.15) is 0 Å². The van der Waals surface area contributed by atoms with Gasteiger partial charge in [0.25, 0.3) is 0 Å². The highest BCUT2D eigenvalue weighted by Gasteiger charge is 2.05. The van der Waals surface area contributed by atoms with Crippen LogP contribution in [0.25, 0.3) is 10.8 Å². The van der Waals surface area contributed by atoms with Crippen LogP contribution in [0, 0.1) is 11.3 Å². The molecule has 14 heavy (non-hydrogen) atoms. The molecule has 0 atom stereocenters. The van der Waals surface area contributed by atoms with E-state index in [4.69, 9.17) is 16.9 Å². The van der Waals surface area contributed by atoms with Crippen LogP contribution < -0.4 is 0 Å². The number of hydrogen-bond donors (Lipinski definition) is 0. The van der Waals surface area contributed by atoms with Crippen LogP contribution in [-0.2, 0) is 6.42 Å². The second-order valence-corrected chi connectivity index (χ2v) is 3.18. The summed E-state index contributed by atoms with van der Waals surface area (Å²) in [5.41, 5.74) is 0.674. The van der Waals surface area contributed by atoms with Crippen LogP contribution in [-0.4, -0.2) is 10.2 Å². The molecule has 0 unspecified atom stereocenters. The number of rotatable bonds is 1. The van der Waals surface area contributed by atoms with Crippen LogP contribution in [0.1, 0.15) is 5.69 Å². The summed E-state index contributed by atoms with van der Waals surface area (Å²) < 4.78 is 0. The number of hydrogen-bond acceptors (Lipinski definition) is 3. The third kappa shape index (κ3) is 1.40. The molecule has 0 N–H and O–H groups in total. The molecule has 68 valence electrons. The van der Waals surface area contributed by atoms with E-state index in [0.717, 1.165) is 10.8 Å². The number of benzene rings is 1. The first-order valence-corrected chi connectivity index (χ1v) is 4.47. The zero-order valence-corrected chi connectivity index (χ0v) is 7.99. The molecule has 0 fully saturated rings. The maximum absolute atomic E-state index is 8.60. The van der Waals surface area contributed by atoms with Crippen molar-refractivity contribution in [3.8, 4) is 6.07 Å². The maximum Gasteiger partial charge on any atom is 0.159 e. The highest BCUT2D eigenvalue weighted by atomic mass is 35.5. The molecule has 1 aromatic heterocycles. The van der Waals surface area contributed by atoms with Crippen molar-refractivity contribution in [1.29, 1.82) is 5.26 Å². The van der Waals surface area contributed by atoms with Gasteiger partial charge in [0.15, 0.2) is 5.15 Å². The molecular formula is C10H6ClN3. The fraction of sp³-hybridized carbons (Fsp3) is 0.100. The van der Waals surface area contributed by atoms with Crippen molar-refractivity contribution < 1.29 is 0 Å². The lowest BCUT2D eigenvalue weighted by Gasteiger charge is -2.01. The van der Waals surface area contributed by atoms with Crippen molar-refractivity contribution >= 4 is 22.4 Å². The smallest absolute Gasteiger partial charge is 0.159 e. The number of nitrogens with zero attached hydrogens (tertiary/aromatic N) is 3. The van der Waals surface area contributed by atoms with Crippen molar-refractivity contribution in [3.63, 3.8) is 0 Å². The predicted octanol–water partition coefficient (Wildman–Crippen LogP) is 2.35. The second kappa shape index (κ2) is 3.60. The SMILES string of the molecule is N#CCc1nnc(Cl)c2ccccc12. The normalized spacial score (nSPS) is 10.0. The molecule has 2 aromatic rings. The van der Waals surface area contributed by atoms with Crippen LogP contribution in [0.5, 0.6) is 0 Å². The van der Waals surface area contributed by atoms with E-state index in [0.29, 0.717) is 10.8 Å². The third-order valence-electron chi connectivity index (χ3n) is 1.97. The molecule has 2 rings (SSSR count). The average Bonchev–Trinajstić information content (AvgIpc) is 2.23. The van der Waals surface area contributed by atoms with Crippen molar-refractivity contribution in [3.05, 3.63) is 35.1 Å². The molecule has 0 aliphatic heterocycles. The first-order chi connectivity index (χ1) is 6.83. The molecule has 3 nitrogen and oxygen atoms in total. The summed E-state index contributed by atoms with van der Waals surface area (Å²) >= 11 is 5.87. The molecule has 0 amide bonds. The summed E-state index contributed by atoms with van der Waals surface area (Å²) in [5.74, 6) is 0. The molecule has 1 aromatic carbocycles. The summed E-state index contributed by atoms with van der Waals surface area (Å²) in [4.78, 5) is 0. The monoisotopic (exact) mass is 203 g/mol. The highest BCUT2D eigenvalue weighted by molar-refractivity contribution is 6.34. The predicted molar refractivity (Wildman–Crippen MR) is 53.9 cm³/mol. The van der Waals surface area contributed by atoms with E-state index < -0.39 is 0 Å². The zero-order valence-electron chi connectivity index (χ0n) is 7.24. The van der Waals surface area contributed by atoms with Gasteiger partial charge in [-0.1, -0.05) is 35.9 Å². The van der Waals surface area contributed by atoms with E-state index in [1.165, 1.54) is 0 Å². The van der Waals surface area contributed by atoms with Crippen LogP contribution in [0.3, 0.4) is 0 Å². The maximum atomic E-state index is 8.60. The summed E-state index contributed by atoms with van der Waals surface area (Å²) in [6.45, 7) is 0. The molecule has 0 saturated carbocycles. The Labute approximate surface area is 85.9 Å². The van der Waals surface area contributed by atoms with Crippen LogP contribution >= 0.6 is 11.6 Å². The zero-order chi connectivity index (χ0) is 9.97. The Hall–Kier alpha value is -1.66. The Kier molecular flexibility index (Phi) is 2.30. The van der Waals surface area contributed by atoms with Crippen molar-refractivity contribution in [2.45, 2.75) is 6.42 Å². The van der Waals surface area contributed by atoms with E-state index >= 15 is 0 Å². The highest BCUT2D eigenvalue weighted by Crippen LogP contribution is 2.22. The topological polar surface area (TPSA) is 49.6 Å². The summed E-state index contributed by atoms with van der Waals surface area (Å²) in [5, 5.41) is 18.4. The Morgan fingerprint density at radius 3 is 2.64 bits per heavy atom. The molecule has 0 aliphatic carbocycles. The van der Waals surface area contributed by atoms with Gasteiger partial charge < -0.3 is 0 Å². The van der Waals surface area contributed by atoms with Gasteiger partial charge in [-0.25, -0.2) is 0 Å². The lowest BCUT2D eigenvalue weighted by Crippen LogP contribution is -1.94. The Morgan fingerprint density at radius 1 is 1.21 bits per heavy atom. The van der Waals surface area contributed by atoms with Crippen molar-refractivity contribution in [1.82, 2.24) is 10.2 Å². The lowest BCUT2D eigenvalue weighted by atomic mass is 10.1. The Balaban J connectivity index is 2.76. The minimum atomic E-state index is 0.255. The molecule has 0 radical (unpaired) electrons. The van der Waals surface area contributed by atoms with Crippen molar-refractivity contribution in [2.24, 2.45) is 0 Å². The van der Waals surface area contributed by atoms with Gasteiger partial charge in [0.2, 0.25) is 0 Å². The van der Waals surface area contributed by atoms with E-state index in [2.05, 4.69) is 16.3 Å². The second-order valence-electron chi connectivity index (χ2n) is 2.82. The molecule has 0 aliphatic rings. The van der Waals surface area contributed by atoms with E-state index in [9.17, 15) is 0 Å². The van der Waals surface area contributed by atoms with Gasteiger partial charge in [-0.05, 0) is 0 Å². The minimum absolute atomic E-state index is 0.255. The van der Waals surface area contributed by atoms with Crippen LogP contribution in [0.15, 0.2) is 24.3 Å². The number of aromatic nitrogens is 2. The van der Waals surface area contributed by atoms with Gasteiger partial charge in [0.05, 0.1) is 18.2 Å². The Morgan fingerprint density at radius 2 is 1.93 bits per heavy atom. The average molecular weight is 204 g/mol. The fourth-order valence-corrected chi connectivity index (χ4v) is 1.53. The van der Waals surface area contributed by atoms with Crippen molar-refractivity contribution in [2.75, 3.05) is 0 Å². The summed E-state index contributed by atoms with van der Waals surface area (Å²) in [6, 6.07) is 9.58. The van der Waals surface area contributed by atoms with Gasteiger partial charge in [-0.2, -0.15) is 10.4 Å². The molecule has 0 saturated heterocycles.